The maximum Gasteiger partial charge on any atom is 0.278 e. The molecule has 3 rings (SSSR count). The molecule has 1 aromatic carbocycles. The average molecular weight is 314 g/mol. The molecule has 1 unspecified atom stereocenters. The van der Waals surface area contributed by atoms with Crippen molar-refractivity contribution in [1.82, 2.24) is 20.0 Å². The van der Waals surface area contributed by atoms with Crippen LogP contribution in [0.2, 0.25) is 0 Å². The minimum Gasteiger partial charge on any atom is -0.336 e. The summed E-state index contributed by atoms with van der Waals surface area (Å²) >= 11 is 0. The van der Waals surface area contributed by atoms with E-state index in [-0.39, 0.29) is 23.1 Å². The zero-order valence-corrected chi connectivity index (χ0v) is 13.6. The number of fused-ring (bicyclic) bond motifs is 1. The second-order valence-electron chi connectivity index (χ2n) is 5.89. The van der Waals surface area contributed by atoms with Crippen LogP contribution in [0.4, 0.5) is 0 Å². The molecular formula is C17H22N4O2. The van der Waals surface area contributed by atoms with Crippen LogP contribution in [0, 0.1) is 0 Å². The summed E-state index contributed by atoms with van der Waals surface area (Å²) in [7, 11) is 1.90. The summed E-state index contributed by atoms with van der Waals surface area (Å²) in [5.74, 6) is -0.261. The van der Waals surface area contributed by atoms with Crippen molar-refractivity contribution in [1.29, 1.82) is 0 Å². The zero-order valence-electron chi connectivity index (χ0n) is 13.6. The van der Waals surface area contributed by atoms with E-state index in [9.17, 15) is 9.59 Å². The molecule has 2 aromatic rings. The van der Waals surface area contributed by atoms with Crippen molar-refractivity contribution in [3.05, 3.63) is 40.2 Å². The lowest BCUT2D eigenvalue weighted by atomic mass is 10.1. The van der Waals surface area contributed by atoms with Crippen molar-refractivity contribution >= 4 is 16.8 Å². The Kier molecular flexibility index (Phi) is 4.43. The molecule has 1 aliphatic heterocycles. The zero-order chi connectivity index (χ0) is 16.4. The van der Waals surface area contributed by atoms with Gasteiger partial charge in [-0.25, -0.2) is 0 Å². The predicted octanol–water partition coefficient (Wildman–Crippen LogP) is 1.24. The number of nitrogens with one attached hydrogen (secondary N) is 1. The van der Waals surface area contributed by atoms with Crippen LogP contribution in [0.5, 0.6) is 0 Å². The number of nitrogens with zero attached hydrogens (tertiary/aromatic N) is 3. The monoisotopic (exact) mass is 314 g/mol. The van der Waals surface area contributed by atoms with Crippen LogP contribution >= 0.6 is 0 Å². The molecule has 6 nitrogen and oxygen atoms in total. The third-order valence-corrected chi connectivity index (χ3v) is 4.48. The van der Waals surface area contributed by atoms with E-state index in [4.69, 9.17) is 0 Å². The summed E-state index contributed by atoms with van der Waals surface area (Å²) in [5.41, 5.74) is 0.521. The van der Waals surface area contributed by atoms with Crippen LogP contribution in [0.1, 0.15) is 30.3 Å². The number of likely N-dealkylation sites (N-methyl/N-ethyl adjacent to an activating group) is 1. The number of carbonyl (C=O) groups excluding carboxylic acids is 1. The highest BCUT2D eigenvalue weighted by molar-refractivity contribution is 5.95. The highest BCUT2D eigenvalue weighted by atomic mass is 16.2. The lowest BCUT2D eigenvalue weighted by molar-refractivity contribution is 0.0688. The van der Waals surface area contributed by atoms with Crippen molar-refractivity contribution in [2.24, 2.45) is 0 Å². The van der Waals surface area contributed by atoms with E-state index < -0.39 is 0 Å². The Balaban J connectivity index is 2.04. The number of amides is 1. The SMILES string of the molecule is CCn1nc(C(=O)N2CCCC(NC)C2)c(=O)c2ccccc21. The minimum atomic E-state index is -0.276. The number of likely N-dealkylation sites (tertiary alicyclic amines) is 1. The lowest BCUT2D eigenvalue weighted by Crippen LogP contribution is -2.48. The molecule has 0 bridgehead atoms. The van der Waals surface area contributed by atoms with Gasteiger partial charge < -0.3 is 10.2 Å². The molecular weight excluding hydrogens is 292 g/mol. The first kappa shape index (κ1) is 15.7. The van der Waals surface area contributed by atoms with E-state index in [1.165, 1.54) is 0 Å². The first-order valence-electron chi connectivity index (χ1n) is 8.12. The van der Waals surface area contributed by atoms with E-state index in [1.54, 1.807) is 15.6 Å². The van der Waals surface area contributed by atoms with Gasteiger partial charge in [0, 0.05) is 31.1 Å². The Morgan fingerprint density at radius 3 is 2.91 bits per heavy atom. The summed E-state index contributed by atoms with van der Waals surface area (Å²) < 4.78 is 1.73. The van der Waals surface area contributed by atoms with E-state index in [0.717, 1.165) is 18.4 Å². The molecule has 1 atom stereocenters. The van der Waals surface area contributed by atoms with E-state index in [2.05, 4.69) is 10.4 Å². The molecule has 122 valence electrons. The molecule has 1 saturated heterocycles. The van der Waals surface area contributed by atoms with E-state index in [1.807, 2.05) is 32.2 Å². The standard InChI is InChI=1S/C17H22N4O2/c1-3-21-14-9-5-4-8-13(14)16(22)15(19-21)17(23)20-10-6-7-12(11-20)18-2/h4-5,8-9,12,18H,3,6-7,10-11H2,1-2H3. The van der Waals surface area contributed by atoms with Crippen LogP contribution in [-0.2, 0) is 6.54 Å². The summed E-state index contributed by atoms with van der Waals surface area (Å²) in [5, 5.41) is 8.10. The highest BCUT2D eigenvalue weighted by Gasteiger charge is 2.27. The number of para-hydroxylation sites is 1. The largest absolute Gasteiger partial charge is 0.336 e. The smallest absolute Gasteiger partial charge is 0.278 e. The fourth-order valence-electron chi connectivity index (χ4n) is 3.17. The lowest BCUT2D eigenvalue weighted by Gasteiger charge is -2.32. The van der Waals surface area contributed by atoms with E-state index in [0.29, 0.717) is 25.0 Å². The Morgan fingerprint density at radius 2 is 2.17 bits per heavy atom. The average Bonchev–Trinajstić information content (AvgIpc) is 2.62. The molecule has 1 fully saturated rings. The van der Waals surface area contributed by atoms with Crippen molar-refractivity contribution < 1.29 is 4.79 Å². The van der Waals surface area contributed by atoms with Crippen LogP contribution in [0.25, 0.3) is 10.9 Å². The maximum absolute atomic E-state index is 12.8. The van der Waals surface area contributed by atoms with Crippen LogP contribution in [0.15, 0.2) is 29.1 Å². The molecule has 1 N–H and O–H groups in total. The number of hydrogen-bond acceptors (Lipinski definition) is 4. The van der Waals surface area contributed by atoms with Gasteiger partial charge in [0.2, 0.25) is 5.43 Å². The van der Waals surface area contributed by atoms with Crippen LogP contribution in [0.3, 0.4) is 0 Å². The first-order chi connectivity index (χ1) is 11.2. The molecule has 0 saturated carbocycles. The van der Waals surface area contributed by atoms with Crippen LogP contribution in [-0.4, -0.2) is 46.8 Å². The first-order valence-corrected chi connectivity index (χ1v) is 8.12. The van der Waals surface area contributed by atoms with Gasteiger partial charge in [-0.2, -0.15) is 5.10 Å². The third kappa shape index (κ3) is 2.86. The number of rotatable bonds is 3. The van der Waals surface area contributed by atoms with Gasteiger partial charge in [-0.05, 0) is 38.9 Å². The molecule has 23 heavy (non-hydrogen) atoms. The Hall–Kier alpha value is -2.21. The maximum atomic E-state index is 12.8. The number of benzene rings is 1. The summed E-state index contributed by atoms with van der Waals surface area (Å²) in [6.45, 7) is 3.86. The quantitative estimate of drug-likeness (QED) is 0.925. The Morgan fingerprint density at radius 1 is 1.39 bits per heavy atom. The van der Waals surface area contributed by atoms with Crippen molar-refractivity contribution in [2.75, 3.05) is 20.1 Å². The molecule has 0 radical (unpaired) electrons. The van der Waals surface area contributed by atoms with Gasteiger partial charge in [-0.3, -0.25) is 14.3 Å². The summed E-state index contributed by atoms with van der Waals surface area (Å²) in [6, 6.07) is 7.59. The number of carbonyl (C=O) groups is 1. The number of aryl methyl sites for hydroxylation is 1. The highest BCUT2D eigenvalue weighted by Crippen LogP contribution is 2.14. The second kappa shape index (κ2) is 6.50. The number of piperidine rings is 1. The summed E-state index contributed by atoms with van der Waals surface area (Å²) in [4.78, 5) is 27.2. The predicted molar refractivity (Wildman–Crippen MR) is 89.7 cm³/mol. The van der Waals surface area contributed by atoms with Gasteiger partial charge in [-0.1, -0.05) is 12.1 Å². The molecule has 1 aromatic heterocycles. The van der Waals surface area contributed by atoms with Crippen molar-refractivity contribution in [2.45, 2.75) is 32.4 Å². The van der Waals surface area contributed by atoms with Gasteiger partial charge in [-0.15, -0.1) is 0 Å². The third-order valence-electron chi connectivity index (χ3n) is 4.48. The second-order valence-corrected chi connectivity index (χ2v) is 5.89. The molecule has 0 aliphatic carbocycles. The minimum absolute atomic E-state index is 0.0299. The molecule has 0 spiro atoms. The van der Waals surface area contributed by atoms with Crippen LogP contribution < -0.4 is 10.7 Å². The van der Waals surface area contributed by atoms with Crippen molar-refractivity contribution in [3.8, 4) is 0 Å². The van der Waals surface area contributed by atoms with Gasteiger partial charge in [0.05, 0.1) is 5.52 Å². The molecule has 1 aliphatic rings. The molecule has 6 heteroatoms. The number of hydrogen-bond donors (Lipinski definition) is 1. The van der Waals surface area contributed by atoms with Gasteiger partial charge in [0.1, 0.15) is 0 Å². The normalized spacial score (nSPS) is 18.3. The van der Waals surface area contributed by atoms with Gasteiger partial charge >= 0.3 is 0 Å². The molecule has 2 heterocycles. The van der Waals surface area contributed by atoms with E-state index >= 15 is 0 Å². The number of aromatic nitrogens is 2. The fourth-order valence-corrected chi connectivity index (χ4v) is 3.17. The Labute approximate surface area is 135 Å². The van der Waals surface area contributed by atoms with Crippen molar-refractivity contribution in [3.63, 3.8) is 0 Å². The fraction of sp³-hybridized carbons (Fsp3) is 0.471. The topological polar surface area (TPSA) is 67.2 Å². The Bertz CT molecular complexity index is 784. The van der Waals surface area contributed by atoms with Gasteiger partial charge in [0.15, 0.2) is 5.69 Å². The van der Waals surface area contributed by atoms with Gasteiger partial charge in [0.25, 0.3) is 5.91 Å². The molecule has 1 amide bonds. The summed E-state index contributed by atoms with van der Waals surface area (Å²) in [6.07, 6.45) is 1.98.